The lowest BCUT2D eigenvalue weighted by atomic mass is 10.2. The van der Waals surface area contributed by atoms with Crippen molar-refractivity contribution in [1.29, 1.82) is 0 Å². The molecular formula is C18H17N7O3. The molecule has 1 N–H and O–H groups in total. The van der Waals surface area contributed by atoms with Gasteiger partial charge in [0.05, 0.1) is 50.5 Å². The number of methoxy groups -OCH3 is 3. The zero-order chi connectivity index (χ0) is 19.5. The SMILES string of the molecule is COc1ccc(Nc2ccnc3c(-c4cnc(OC)nc4OC)cnn23)cn1. The molecule has 4 aromatic heterocycles. The number of nitrogens with zero attached hydrogens (tertiary/aromatic N) is 6. The minimum Gasteiger partial charge on any atom is -0.481 e. The van der Waals surface area contributed by atoms with Gasteiger partial charge in [-0.2, -0.15) is 14.6 Å². The van der Waals surface area contributed by atoms with Gasteiger partial charge < -0.3 is 19.5 Å². The third-order valence-electron chi connectivity index (χ3n) is 4.02. The molecule has 0 aliphatic carbocycles. The van der Waals surface area contributed by atoms with E-state index in [4.69, 9.17) is 14.2 Å². The molecule has 0 aliphatic rings. The Bertz CT molecular complexity index is 1110. The van der Waals surface area contributed by atoms with Crippen LogP contribution in [0.25, 0.3) is 16.8 Å². The van der Waals surface area contributed by atoms with Gasteiger partial charge in [0.1, 0.15) is 5.82 Å². The van der Waals surface area contributed by atoms with E-state index in [1.54, 1.807) is 42.5 Å². The molecule has 10 heteroatoms. The van der Waals surface area contributed by atoms with Crippen molar-refractivity contribution in [2.75, 3.05) is 26.6 Å². The lowest BCUT2D eigenvalue weighted by Crippen LogP contribution is -2.01. The molecule has 0 bridgehead atoms. The van der Waals surface area contributed by atoms with E-state index in [2.05, 4.69) is 30.4 Å². The summed E-state index contributed by atoms with van der Waals surface area (Å²) in [5.74, 6) is 1.64. The average Bonchev–Trinajstić information content (AvgIpc) is 3.18. The van der Waals surface area contributed by atoms with Crippen LogP contribution in [0.1, 0.15) is 0 Å². The first-order valence-corrected chi connectivity index (χ1v) is 8.28. The number of fused-ring (bicyclic) bond motifs is 1. The molecule has 4 rings (SSSR count). The van der Waals surface area contributed by atoms with Gasteiger partial charge in [0.25, 0.3) is 0 Å². The molecule has 4 aromatic rings. The zero-order valence-electron chi connectivity index (χ0n) is 15.4. The topological polar surface area (TPSA) is 109 Å². The predicted octanol–water partition coefficient (Wildman–Crippen LogP) is 2.35. The Morgan fingerprint density at radius 1 is 0.857 bits per heavy atom. The van der Waals surface area contributed by atoms with Crippen LogP contribution >= 0.6 is 0 Å². The van der Waals surface area contributed by atoms with Crippen molar-refractivity contribution >= 4 is 17.2 Å². The highest BCUT2D eigenvalue weighted by atomic mass is 16.5. The van der Waals surface area contributed by atoms with Crippen LogP contribution in [-0.2, 0) is 0 Å². The summed E-state index contributed by atoms with van der Waals surface area (Å²) in [5, 5.41) is 7.72. The third-order valence-corrected chi connectivity index (χ3v) is 4.02. The highest BCUT2D eigenvalue weighted by Crippen LogP contribution is 2.32. The van der Waals surface area contributed by atoms with Gasteiger partial charge in [-0.05, 0) is 12.1 Å². The lowest BCUT2D eigenvalue weighted by molar-refractivity contribution is 0.353. The van der Waals surface area contributed by atoms with Gasteiger partial charge in [-0.25, -0.2) is 15.0 Å². The molecule has 0 aromatic carbocycles. The summed E-state index contributed by atoms with van der Waals surface area (Å²) in [4.78, 5) is 17.0. The van der Waals surface area contributed by atoms with Crippen LogP contribution in [0.2, 0.25) is 0 Å². The van der Waals surface area contributed by atoms with E-state index in [0.29, 0.717) is 23.0 Å². The number of hydrogen-bond acceptors (Lipinski definition) is 9. The Morgan fingerprint density at radius 2 is 1.75 bits per heavy atom. The second kappa shape index (κ2) is 7.35. The van der Waals surface area contributed by atoms with E-state index in [0.717, 1.165) is 17.1 Å². The van der Waals surface area contributed by atoms with Gasteiger partial charge >= 0.3 is 6.01 Å². The molecule has 0 fully saturated rings. The van der Waals surface area contributed by atoms with E-state index in [9.17, 15) is 0 Å². The molecule has 0 unspecified atom stereocenters. The number of aromatic nitrogens is 6. The van der Waals surface area contributed by atoms with Gasteiger partial charge in [0, 0.05) is 18.5 Å². The molecule has 0 amide bonds. The number of anilines is 2. The molecule has 0 aliphatic heterocycles. The predicted molar refractivity (Wildman–Crippen MR) is 101 cm³/mol. The first kappa shape index (κ1) is 17.5. The normalized spacial score (nSPS) is 10.7. The third kappa shape index (κ3) is 3.11. The summed E-state index contributed by atoms with van der Waals surface area (Å²) in [6, 6.07) is 5.67. The van der Waals surface area contributed by atoms with Gasteiger partial charge in [-0.15, -0.1) is 0 Å². The second-order valence-corrected chi connectivity index (χ2v) is 5.62. The highest BCUT2D eigenvalue weighted by Gasteiger charge is 2.17. The fourth-order valence-electron chi connectivity index (χ4n) is 2.69. The van der Waals surface area contributed by atoms with Crippen molar-refractivity contribution in [3.8, 4) is 28.9 Å². The maximum Gasteiger partial charge on any atom is 0.319 e. The minimum absolute atomic E-state index is 0.222. The monoisotopic (exact) mass is 379 g/mol. The Labute approximate surface area is 160 Å². The molecule has 28 heavy (non-hydrogen) atoms. The smallest absolute Gasteiger partial charge is 0.319 e. The van der Waals surface area contributed by atoms with Gasteiger partial charge in [0.2, 0.25) is 11.8 Å². The van der Waals surface area contributed by atoms with E-state index in [-0.39, 0.29) is 6.01 Å². The first-order chi connectivity index (χ1) is 13.7. The largest absolute Gasteiger partial charge is 0.481 e. The van der Waals surface area contributed by atoms with Crippen molar-refractivity contribution in [2.45, 2.75) is 0 Å². The molecule has 0 radical (unpaired) electrons. The molecule has 142 valence electrons. The Kier molecular flexibility index (Phi) is 4.58. The molecule has 0 spiro atoms. The van der Waals surface area contributed by atoms with Gasteiger partial charge in [-0.1, -0.05) is 0 Å². The van der Waals surface area contributed by atoms with Crippen LogP contribution in [0.3, 0.4) is 0 Å². The lowest BCUT2D eigenvalue weighted by Gasteiger charge is -2.09. The van der Waals surface area contributed by atoms with Crippen LogP contribution in [0, 0.1) is 0 Å². The van der Waals surface area contributed by atoms with Crippen LogP contribution in [0.4, 0.5) is 11.5 Å². The number of nitrogens with one attached hydrogen (secondary N) is 1. The fourth-order valence-corrected chi connectivity index (χ4v) is 2.69. The molecule has 4 heterocycles. The van der Waals surface area contributed by atoms with Crippen molar-refractivity contribution in [3.63, 3.8) is 0 Å². The fraction of sp³-hybridized carbons (Fsp3) is 0.167. The Hall–Kier alpha value is -3.95. The van der Waals surface area contributed by atoms with Crippen LogP contribution in [0.5, 0.6) is 17.8 Å². The Balaban J connectivity index is 1.74. The molecular weight excluding hydrogens is 362 g/mol. The minimum atomic E-state index is 0.222. The maximum absolute atomic E-state index is 5.38. The number of pyridine rings is 1. The van der Waals surface area contributed by atoms with Crippen molar-refractivity contribution in [1.82, 2.24) is 29.5 Å². The van der Waals surface area contributed by atoms with Crippen molar-refractivity contribution in [3.05, 3.63) is 43.0 Å². The molecule has 0 saturated heterocycles. The summed E-state index contributed by atoms with van der Waals surface area (Å²) in [6.45, 7) is 0. The summed E-state index contributed by atoms with van der Waals surface area (Å²) in [6.07, 6.45) is 6.68. The highest BCUT2D eigenvalue weighted by molar-refractivity contribution is 5.80. The van der Waals surface area contributed by atoms with E-state index < -0.39 is 0 Å². The van der Waals surface area contributed by atoms with Crippen molar-refractivity contribution in [2.24, 2.45) is 0 Å². The standard InChI is InChI=1S/C18H17N7O3/c1-26-15-5-4-11(8-20-15)23-14-6-7-19-16-12(10-22-25(14)16)13-9-21-18(28-3)24-17(13)27-2/h4-10,23H,1-3H3. The average molecular weight is 379 g/mol. The number of rotatable bonds is 6. The van der Waals surface area contributed by atoms with Crippen LogP contribution in [-0.4, -0.2) is 50.9 Å². The molecule has 0 saturated carbocycles. The van der Waals surface area contributed by atoms with E-state index >= 15 is 0 Å². The first-order valence-electron chi connectivity index (χ1n) is 8.28. The molecule has 0 atom stereocenters. The zero-order valence-corrected chi connectivity index (χ0v) is 15.4. The van der Waals surface area contributed by atoms with E-state index in [1.807, 2.05) is 12.1 Å². The summed E-state index contributed by atoms with van der Waals surface area (Å²) in [7, 11) is 4.61. The van der Waals surface area contributed by atoms with Crippen molar-refractivity contribution < 1.29 is 14.2 Å². The number of hydrogen-bond donors (Lipinski definition) is 1. The summed E-state index contributed by atoms with van der Waals surface area (Å²) in [5.41, 5.74) is 2.80. The summed E-state index contributed by atoms with van der Waals surface area (Å²) >= 11 is 0. The van der Waals surface area contributed by atoms with Crippen LogP contribution < -0.4 is 19.5 Å². The maximum atomic E-state index is 5.38. The van der Waals surface area contributed by atoms with Gasteiger partial charge in [-0.3, -0.25) is 0 Å². The summed E-state index contributed by atoms with van der Waals surface area (Å²) < 4.78 is 17.2. The van der Waals surface area contributed by atoms with E-state index in [1.165, 1.54) is 14.2 Å². The van der Waals surface area contributed by atoms with Crippen LogP contribution in [0.15, 0.2) is 43.0 Å². The quantitative estimate of drug-likeness (QED) is 0.540. The van der Waals surface area contributed by atoms with Gasteiger partial charge in [0.15, 0.2) is 5.65 Å². The number of ether oxygens (including phenoxy) is 3. The molecule has 10 nitrogen and oxygen atoms in total. The second-order valence-electron chi connectivity index (χ2n) is 5.62. The Morgan fingerprint density at radius 3 is 2.46 bits per heavy atom.